The minimum atomic E-state index is -4.68. The van der Waals surface area contributed by atoms with Gasteiger partial charge < -0.3 is 9.29 Å². The lowest BCUT2D eigenvalue weighted by Gasteiger charge is -2.54. The highest BCUT2D eigenvalue weighted by Gasteiger charge is 2.57. The summed E-state index contributed by atoms with van der Waals surface area (Å²) in [4.78, 5) is 13.6. The molecule has 0 aliphatic heterocycles. The Bertz CT molecular complexity index is 1570. The second-order valence-corrected chi connectivity index (χ2v) is 11.3. The number of fused-ring (bicyclic) bond motifs is 2. The summed E-state index contributed by atoms with van der Waals surface area (Å²) in [5, 5.41) is 0.658. The summed E-state index contributed by atoms with van der Waals surface area (Å²) in [7, 11) is -4.68. The van der Waals surface area contributed by atoms with E-state index in [2.05, 4.69) is 38.1 Å². The molecule has 4 aromatic rings. The van der Waals surface area contributed by atoms with Gasteiger partial charge in [0.1, 0.15) is 15.9 Å². The van der Waals surface area contributed by atoms with Crippen LogP contribution in [0.4, 0.5) is 0 Å². The SMILES string of the molecule is CC1(C)C2c3ccccc3C(c3ccccc32)C1C(=O)Oc1ccc(S(=O)(=O)[O-])c2ccccc12. The molecule has 3 aliphatic rings. The fraction of sp³-hybridized carbons (Fsp3) is 0.207. The fourth-order valence-electron chi connectivity index (χ4n) is 6.38. The van der Waals surface area contributed by atoms with Crippen LogP contribution in [0.3, 0.4) is 0 Å². The van der Waals surface area contributed by atoms with Crippen molar-refractivity contribution in [2.75, 3.05) is 0 Å². The third-order valence-corrected chi connectivity index (χ3v) is 8.64. The van der Waals surface area contributed by atoms with Gasteiger partial charge in [0, 0.05) is 22.6 Å². The van der Waals surface area contributed by atoms with Crippen molar-refractivity contribution in [3.8, 4) is 5.75 Å². The summed E-state index contributed by atoms with van der Waals surface area (Å²) in [6.45, 7) is 4.24. The molecule has 5 nitrogen and oxygen atoms in total. The number of hydrogen-bond acceptors (Lipinski definition) is 5. The molecule has 0 radical (unpaired) electrons. The fourth-order valence-corrected chi connectivity index (χ4v) is 7.06. The third kappa shape index (κ3) is 3.17. The molecule has 35 heavy (non-hydrogen) atoms. The molecular formula is C29H23O5S-. The van der Waals surface area contributed by atoms with E-state index in [-0.39, 0.29) is 33.8 Å². The van der Waals surface area contributed by atoms with Crippen LogP contribution in [0, 0.1) is 11.3 Å². The number of hydrogen-bond donors (Lipinski definition) is 0. The van der Waals surface area contributed by atoms with Gasteiger partial charge in [0.2, 0.25) is 0 Å². The summed E-state index contributed by atoms with van der Waals surface area (Å²) < 4.78 is 41.3. The van der Waals surface area contributed by atoms with Crippen LogP contribution in [-0.4, -0.2) is 18.9 Å². The Labute approximate surface area is 204 Å². The maximum atomic E-state index is 13.9. The molecule has 0 N–H and O–H groups in total. The monoisotopic (exact) mass is 483 g/mol. The largest absolute Gasteiger partial charge is 0.744 e. The van der Waals surface area contributed by atoms with Crippen LogP contribution in [0.25, 0.3) is 10.8 Å². The molecule has 0 amide bonds. The summed E-state index contributed by atoms with van der Waals surface area (Å²) in [6, 6.07) is 25.8. The topological polar surface area (TPSA) is 83.5 Å². The first-order chi connectivity index (χ1) is 16.7. The molecule has 176 valence electrons. The number of carbonyl (C=O) groups is 1. The lowest BCUT2D eigenvalue weighted by molar-refractivity contribution is -0.145. The van der Waals surface area contributed by atoms with E-state index in [9.17, 15) is 17.8 Å². The van der Waals surface area contributed by atoms with Crippen LogP contribution >= 0.6 is 0 Å². The van der Waals surface area contributed by atoms with Gasteiger partial charge in [0.15, 0.2) is 0 Å². The van der Waals surface area contributed by atoms with Crippen LogP contribution in [0.1, 0.15) is 47.9 Å². The van der Waals surface area contributed by atoms with Crippen LogP contribution in [0.15, 0.2) is 89.8 Å². The predicted octanol–water partition coefficient (Wildman–Crippen LogP) is 5.58. The molecule has 0 saturated carbocycles. The van der Waals surface area contributed by atoms with Crippen molar-refractivity contribution >= 4 is 26.9 Å². The van der Waals surface area contributed by atoms with Crippen molar-refractivity contribution in [2.24, 2.45) is 11.3 Å². The summed E-state index contributed by atoms with van der Waals surface area (Å²) in [5.74, 6) is -0.669. The molecule has 3 aliphatic carbocycles. The van der Waals surface area contributed by atoms with Gasteiger partial charge in [-0.25, -0.2) is 8.42 Å². The van der Waals surface area contributed by atoms with E-state index in [1.54, 1.807) is 24.3 Å². The summed E-state index contributed by atoms with van der Waals surface area (Å²) in [5.41, 5.74) is 4.38. The minimum Gasteiger partial charge on any atom is -0.744 e. The van der Waals surface area contributed by atoms with E-state index in [0.717, 1.165) is 11.1 Å². The number of ether oxygens (including phenoxy) is 1. The van der Waals surface area contributed by atoms with Crippen molar-refractivity contribution < 1.29 is 22.5 Å². The van der Waals surface area contributed by atoms with Crippen molar-refractivity contribution in [3.05, 3.63) is 107 Å². The van der Waals surface area contributed by atoms with E-state index in [4.69, 9.17) is 4.74 Å². The molecule has 0 spiro atoms. The summed E-state index contributed by atoms with van der Waals surface area (Å²) in [6.07, 6.45) is 0. The van der Waals surface area contributed by atoms with E-state index < -0.39 is 21.5 Å². The highest BCUT2D eigenvalue weighted by Crippen LogP contribution is 2.63. The Balaban J connectivity index is 1.48. The molecule has 0 fully saturated rings. The third-order valence-electron chi connectivity index (χ3n) is 7.74. The van der Waals surface area contributed by atoms with E-state index in [1.165, 1.54) is 23.3 Å². The number of carbonyl (C=O) groups excluding carboxylic acids is 1. The van der Waals surface area contributed by atoms with Crippen LogP contribution in [0.5, 0.6) is 5.75 Å². The first-order valence-electron chi connectivity index (χ1n) is 11.6. The van der Waals surface area contributed by atoms with Crippen molar-refractivity contribution in [1.82, 2.24) is 0 Å². The van der Waals surface area contributed by atoms with Gasteiger partial charge in [-0.1, -0.05) is 86.6 Å². The van der Waals surface area contributed by atoms with E-state index in [1.807, 2.05) is 24.3 Å². The second-order valence-electron chi connectivity index (χ2n) is 9.95. The molecule has 2 bridgehead atoms. The molecule has 6 heteroatoms. The van der Waals surface area contributed by atoms with Gasteiger partial charge in [-0.05, 0) is 39.8 Å². The van der Waals surface area contributed by atoms with Crippen molar-refractivity contribution in [2.45, 2.75) is 30.6 Å². The smallest absolute Gasteiger partial charge is 0.315 e. The zero-order valence-corrected chi connectivity index (χ0v) is 20.1. The molecule has 0 heterocycles. The van der Waals surface area contributed by atoms with Gasteiger partial charge in [-0.2, -0.15) is 0 Å². The molecule has 0 aromatic heterocycles. The van der Waals surface area contributed by atoms with Crippen LogP contribution in [0.2, 0.25) is 0 Å². The van der Waals surface area contributed by atoms with Gasteiger partial charge in [0.25, 0.3) is 0 Å². The van der Waals surface area contributed by atoms with Gasteiger partial charge in [0.05, 0.1) is 10.8 Å². The average molecular weight is 484 g/mol. The lowest BCUT2D eigenvalue weighted by Crippen LogP contribution is -2.50. The van der Waals surface area contributed by atoms with Gasteiger partial charge >= 0.3 is 5.97 Å². The van der Waals surface area contributed by atoms with Crippen molar-refractivity contribution in [1.29, 1.82) is 0 Å². The first kappa shape index (κ1) is 22.0. The van der Waals surface area contributed by atoms with Crippen LogP contribution in [-0.2, 0) is 14.9 Å². The molecule has 1 unspecified atom stereocenters. The molecular weight excluding hydrogens is 460 g/mol. The molecule has 0 saturated heterocycles. The predicted molar refractivity (Wildman–Crippen MR) is 131 cm³/mol. The Morgan fingerprint density at radius 3 is 1.86 bits per heavy atom. The normalized spacial score (nSPS) is 21.9. The summed E-state index contributed by atoms with van der Waals surface area (Å²) >= 11 is 0. The lowest BCUT2D eigenvalue weighted by atomic mass is 9.48. The highest BCUT2D eigenvalue weighted by molar-refractivity contribution is 7.86. The molecule has 7 rings (SSSR count). The van der Waals surface area contributed by atoms with Gasteiger partial charge in [-0.15, -0.1) is 0 Å². The Hall–Kier alpha value is -3.48. The zero-order chi connectivity index (χ0) is 24.5. The first-order valence-corrected chi connectivity index (χ1v) is 13.0. The minimum absolute atomic E-state index is 0.0437. The van der Waals surface area contributed by atoms with Crippen molar-refractivity contribution in [3.63, 3.8) is 0 Å². The number of rotatable bonds is 3. The Morgan fingerprint density at radius 2 is 1.29 bits per heavy atom. The van der Waals surface area contributed by atoms with E-state index >= 15 is 0 Å². The molecule has 1 atom stereocenters. The maximum absolute atomic E-state index is 13.9. The number of esters is 1. The van der Waals surface area contributed by atoms with Gasteiger partial charge in [-0.3, -0.25) is 4.79 Å². The van der Waals surface area contributed by atoms with E-state index in [0.29, 0.717) is 5.39 Å². The average Bonchev–Trinajstić information content (AvgIpc) is 2.83. The molecule has 4 aromatic carbocycles. The second kappa shape index (κ2) is 7.51. The highest BCUT2D eigenvalue weighted by atomic mass is 32.2. The number of benzene rings is 4. The van der Waals surface area contributed by atoms with Crippen LogP contribution < -0.4 is 4.74 Å². The zero-order valence-electron chi connectivity index (χ0n) is 19.3. The Kier molecular flexibility index (Phi) is 4.72. The standard InChI is InChI=1S/C29H24O5S/c1-29(2)26-21-13-7-5-11-19(21)25(20-12-6-8-14-22(20)26)27(29)28(30)34-23-15-16-24(35(31,32)33)18-10-4-3-9-17(18)23/h3-16,25-27H,1-2H3,(H,31,32,33)/p-1. The Morgan fingerprint density at radius 1 is 0.771 bits per heavy atom. The quantitative estimate of drug-likeness (QED) is 0.216. The maximum Gasteiger partial charge on any atom is 0.315 e.